The molecule has 0 radical (unpaired) electrons. The molecule has 0 aliphatic heterocycles. The molecule has 0 saturated heterocycles. The summed E-state index contributed by atoms with van der Waals surface area (Å²) >= 11 is 5.66. The fourth-order valence-corrected chi connectivity index (χ4v) is 3.17. The summed E-state index contributed by atoms with van der Waals surface area (Å²) in [6.07, 6.45) is 0. The van der Waals surface area contributed by atoms with E-state index in [9.17, 15) is 13.4 Å². The van der Waals surface area contributed by atoms with Gasteiger partial charge >= 0.3 is 5.97 Å². The lowest BCUT2D eigenvalue weighted by atomic mass is 10.2. The molecule has 0 saturated carbocycles. The van der Waals surface area contributed by atoms with Gasteiger partial charge in [-0.2, -0.15) is 0 Å². The van der Waals surface area contributed by atoms with Gasteiger partial charge in [-0.05, 0) is 29.8 Å². The standard InChI is InChI=1S/C14H10ClFO3S/c15-11-7-9(5-6-12(11)16)8-20(19)13-4-2-1-3-10(13)14(17)18/h1-7H,8H2,(H,17,18). The van der Waals surface area contributed by atoms with Crippen molar-refractivity contribution in [1.29, 1.82) is 0 Å². The Morgan fingerprint density at radius 1 is 1.25 bits per heavy atom. The van der Waals surface area contributed by atoms with Crippen molar-refractivity contribution in [3.8, 4) is 0 Å². The fraction of sp³-hybridized carbons (Fsp3) is 0.0714. The maximum Gasteiger partial charge on any atom is 0.336 e. The SMILES string of the molecule is O=C(O)c1ccccc1S(=O)Cc1ccc(F)c(Cl)c1. The van der Waals surface area contributed by atoms with Crippen LogP contribution in [0, 0.1) is 5.82 Å². The van der Waals surface area contributed by atoms with E-state index < -0.39 is 22.6 Å². The van der Waals surface area contributed by atoms with Crippen molar-refractivity contribution in [3.63, 3.8) is 0 Å². The molecular weight excluding hydrogens is 303 g/mol. The van der Waals surface area contributed by atoms with Gasteiger partial charge in [0.05, 0.1) is 32.0 Å². The Morgan fingerprint density at radius 3 is 2.60 bits per heavy atom. The molecule has 1 N–H and O–H groups in total. The summed E-state index contributed by atoms with van der Waals surface area (Å²) in [5.41, 5.74) is 0.578. The van der Waals surface area contributed by atoms with Crippen LogP contribution in [0.15, 0.2) is 47.4 Å². The van der Waals surface area contributed by atoms with Gasteiger partial charge in [0, 0.05) is 0 Å². The first-order valence-electron chi connectivity index (χ1n) is 5.63. The van der Waals surface area contributed by atoms with E-state index in [4.69, 9.17) is 16.7 Å². The first-order chi connectivity index (χ1) is 9.49. The van der Waals surface area contributed by atoms with Crippen LogP contribution in [0.2, 0.25) is 5.02 Å². The van der Waals surface area contributed by atoms with Gasteiger partial charge in [0.15, 0.2) is 0 Å². The van der Waals surface area contributed by atoms with E-state index in [0.717, 1.165) is 0 Å². The Kier molecular flexibility index (Phi) is 4.52. The summed E-state index contributed by atoms with van der Waals surface area (Å²) in [6.45, 7) is 0. The zero-order valence-corrected chi connectivity index (χ0v) is 11.7. The number of aromatic carboxylic acids is 1. The lowest BCUT2D eigenvalue weighted by Crippen LogP contribution is -2.05. The summed E-state index contributed by atoms with van der Waals surface area (Å²) in [5.74, 6) is -1.61. The maximum atomic E-state index is 13.0. The summed E-state index contributed by atoms with van der Waals surface area (Å²) in [6, 6.07) is 10.1. The Labute approximate surface area is 122 Å². The van der Waals surface area contributed by atoms with Gasteiger partial charge < -0.3 is 5.11 Å². The molecule has 2 aromatic carbocycles. The van der Waals surface area contributed by atoms with Crippen molar-refractivity contribution in [1.82, 2.24) is 0 Å². The van der Waals surface area contributed by atoms with E-state index in [2.05, 4.69) is 0 Å². The minimum Gasteiger partial charge on any atom is -0.478 e. The molecule has 0 spiro atoms. The van der Waals surface area contributed by atoms with Crippen LogP contribution in [0.3, 0.4) is 0 Å². The third kappa shape index (κ3) is 3.23. The third-order valence-corrected chi connectivity index (χ3v) is 4.38. The molecule has 2 aromatic rings. The molecule has 0 amide bonds. The lowest BCUT2D eigenvalue weighted by molar-refractivity contribution is 0.0693. The summed E-state index contributed by atoms with van der Waals surface area (Å²) < 4.78 is 25.3. The lowest BCUT2D eigenvalue weighted by Gasteiger charge is -2.06. The molecule has 0 aliphatic rings. The number of carboxylic acids is 1. The second kappa shape index (κ2) is 6.15. The molecule has 0 aliphatic carbocycles. The normalized spacial score (nSPS) is 12.1. The van der Waals surface area contributed by atoms with E-state index in [1.54, 1.807) is 12.1 Å². The van der Waals surface area contributed by atoms with Gasteiger partial charge in [0.25, 0.3) is 0 Å². The van der Waals surface area contributed by atoms with Crippen LogP contribution in [-0.4, -0.2) is 15.3 Å². The van der Waals surface area contributed by atoms with E-state index >= 15 is 0 Å². The second-order valence-electron chi connectivity index (χ2n) is 4.04. The number of rotatable bonds is 4. The smallest absolute Gasteiger partial charge is 0.336 e. The topological polar surface area (TPSA) is 54.4 Å². The Hall–Kier alpha value is -1.72. The number of carbonyl (C=O) groups is 1. The summed E-state index contributed by atoms with van der Waals surface area (Å²) in [7, 11) is -1.54. The Bertz CT molecular complexity index is 688. The zero-order chi connectivity index (χ0) is 14.7. The maximum absolute atomic E-state index is 13.0. The number of hydrogen-bond acceptors (Lipinski definition) is 2. The molecule has 0 aromatic heterocycles. The minimum atomic E-state index is -1.54. The van der Waals surface area contributed by atoms with Crippen molar-refractivity contribution in [3.05, 3.63) is 64.4 Å². The highest BCUT2D eigenvalue weighted by Gasteiger charge is 2.15. The number of carboxylic acid groups (broad SMARTS) is 1. The molecule has 2 rings (SSSR count). The monoisotopic (exact) mass is 312 g/mol. The Morgan fingerprint density at radius 2 is 1.95 bits per heavy atom. The van der Waals surface area contributed by atoms with Gasteiger partial charge in [-0.3, -0.25) is 4.21 Å². The second-order valence-corrected chi connectivity index (χ2v) is 5.87. The quantitative estimate of drug-likeness (QED) is 0.940. The molecule has 0 heterocycles. The fourth-order valence-electron chi connectivity index (χ4n) is 1.70. The average molecular weight is 313 g/mol. The van der Waals surface area contributed by atoms with Crippen LogP contribution in [0.1, 0.15) is 15.9 Å². The molecular formula is C14H10ClFO3S. The highest BCUT2D eigenvalue weighted by Crippen LogP contribution is 2.21. The van der Waals surface area contributed by atoms with Gasteiger partial charge in [-0.1, -0.05) is 29.8 Å². The number of benzene rings is 2. The predicted octanol–water partition coefficient (Wildman–Crippen LogP) is 3.49. The first-order valence-corrected chi connectivity index (χ1v) is 7.33. The Balaban J connectivity index is 2.28. The van der Waals surface area contributed by atoms with Crippen LogP contribution in [0.5, 0.6) is 0 Å². The zero-order valence-electron chi connectivity index (χ0n) is 10.2. The molecule has 104 valence electrons. The highest BCUT2D eigenvalue weighted by atomic mass is 35.5. The van der Waals surface area contributed by atoms with Crippen LogP contribution < -0.4 is 0 Å². The summed E-state index contributed by atoms with van der Waals surface area (Å²) in [4.78, 5) is 11.3. The molecule has 1 unspecified atom stereocenters. The van der Waals surface area contributed by atoms with Gasteiger partial charge in [-0.15, -0.1) is 0 Å². The van der Waals surface area contributed by atoms with Crippen LogP contribution >= 0.6 is 11.6 Å². The van der Waals surface area contributed by atoms with Crippen LogP contribution in [-0.2, 0) is 16.6 Å². The van der Waals surface area contributed by atoms with E-state index in [1.165, 1.54) is 30.3 Å². The van der Waals surface area contributed by atoms with Gasteiger partial charge in [0.1, 0.15) is 5.82 Å². The summed E-state index contributed by atoms with van der Waals surface area (Å²) in [5, 5.41) is 9.01. The number of hydrogen-bond donors (Lipinski definition) is 1. The van der Waals surface area contributed by atoms with Crippen LogP contribution in [0.4, 0.5) is 4.39 Å². The van der Waals surface area contributed by atoms with Crippen molar-refractivity contribution in [2.45, 2.75) is 10.6 Å². The van der Waals surface area contributed by atoms with E-state index in [-0.39, 0.29) is 21.2 Å². The molecule has 0 fully saturated rings. The van der Waals surface area contributed by atoms with Crippen molar-refractivity contribution >= 4 is 28.4 Å². The molecule has 6 heteroatoms. The predicted molar refractivity (Wildman–Crippen MR) is 74.9 cm³/mol. The van der Waals surface area contributed by atoms with Gasteiger partial charge in [-0.25, -0.2) is 9.18 Å². The van der Waals surface area contributed by atoms with Crippen molar-refractivity contribution in [2.24, 2.45) is 0 Å². The first kappa shape index (κ1) is 14.7. The van der Waals surface area contributed by atoms with Crippen molar-refractivity contribution in [2.75, 3.05) is 0 Å². The molecule has 1 atom stereocenters. The van der Waals surface area contributed by atoms with E-state index in [0.29, 0.717) is 5.56 Å². The van der Waals surface area contributed by atoms with Crippen molar-refractivity contribution < 1.29 is 18.5 Å². The molecule has 0 bridgehead atoms. The molecule has 20 heavy (non-hydrogen) atoms. The average Bonchev–Trinajstić information content (AvgIpc) is 2.43. The van der Waals surface area contributed by atoms with Gasteiger partial charge in [0.2, 0.25) is 0 Å². The van der Waals surface area contributed by atoms with Crippen LogP contribution in [0.25, 0.3) is 0 Å². The molecule has 3 nitrogen and oxygen atoms in total. The third-order valence-electron chi connectivity index (χ3n) is 2.64. The van der Waals surface area contributed by atoms with E-state index in [1.807, 2.05) is 0 Å². The number of halogens is 2. The minimum absolute atomic E-state index is 0.000887. The largest absolute Gasteiger partial charge is 0.478 e. The highest BCUT2D eigenvalue weighted by molar-refractivity contribution is 7.84.